The molecule has 4 heteroatoms. The third-order valence-corrected chi connectivity index (χ3v) is 5.38. The Balaban J connectivity index is 1.56. The van der Waals surface area contributed by atoms with Gasteiger partial charge in [0.25, 0.3) is 0 Å². The lowest BCUT2D eigenvalue weighted by Gasteiger charge is -2.46. The van der Waals surface area contributed by atoms with Gasteiger partial charge >= 0.3 is 0 Å². The molecule has 2 fully saturated rings. The number of rotatable bonds is 2. The highest BCUT2D eigenvalue weighted by atomic mass is 16.5. The lowest BCUT2D eigenvalue weighted by atomic mass is 9.80. The topological polar surface area (TPSA) is 28.6 Å². The van der Waals surface area contributed by atoms with E-state index in [0.717, 1.165) is 43.7 Å². The number of ether oxygens (including phenoxy) is 1. The van der Waals surface area contributed by atoms with E-state index in [1.165, 1.54) is 24.8 Å². The van der Waals surface area contributed by atoms with E-state index in [0.29, 0.717) is 12.1 Å². The van der Waals surface area contributed by atoms with Crippen LogP contribution < -0.4 is 9.64 Å². The summed E-state index contributed by atoms with van der Waals surface area (Å²) >= 11 is 0. The fraction of sp³-hybridized carbons (Fsp3) is 0.706. The van der Waals surface area contributed by atoms with Crippen LogP contribution in [0.5, 0.6) is 5.75 Å². The van der Waals surface area contributed by atoms with Crippen LogP contribution in [0.3, 0.4) is 0 Å². The second kappa shape index (κ2) is 5.16. The Morgan fingerprint density at radius 1 is 1.29 bits per heavy atom. The summed E-state index contributed by atoms with van der Waals surface area (Å²) in [4.78, 5) is 9.76. The van der Waals surface area contributed by atoms with Crippen LogP contribution in [0.4, 0.5) is 5.82 Å². The summed E-state index contributed by atoms with van der Waals surface area (Å²) in [5.74, 6) is 2.80. The second-order valence-corrected chi connectivity index (χ2v) is 6.97. The number of nitrogens with zero attached hydrogens (tertiary/aromatic N) is 3. The molecular formula is C17H25N3O. The molecule has 1 saturated heterocycles. The molecule has 0 bridgehead atoms. The highest BCUT2D eigenvalue weighted by Gasteiger charge is 2.35. The largest absolute Gasteiger partial charge is 0.487 e. The van der Waals surface area contributed by atoms with Crippen LogP contribution in [0.2, 0.25) is 0 Å². The maximum atomic E-state index is 6.05. The Bertz CT molecular complexity index is 527. The number of hydrogen-bond acceptors (Lipinski definition) is 4. The molecule has 2 aliphatic heterocycles. The van der Waals surface area contributed by atoms with Crippen molar-refractivity contribution in [2.24, 2.45) is 0 Å². The van der Waals surface area contributed by atoms with E-state index in [1.807, 2.05) is 0 Å². The molecule has 0 N–H and O–H groups in total. The smallest absolute Gasteiger partial charge is 0.171 e. The summed E-state index contributed by atoms with van der Waals surface area (Å²) in [7, 11) is 0. The molecule has 1 aromatic rings. The van der Waals surface area contributed by atoms with Gasteiger partial charge in [-0.05, 0) is 44.2 Å². The summed E-state index contributed by atoms with van der Waals surface area (Å²) in [6.07, 6.45) is 6.08. The Hall–Kier alpha value is -1.29. The average molecular weight is 287 g/mol. The lowest BCUT2D eigenvalue weighted by Crippen LogP contribution is -2.58. The predicted octanol–water partition coefficient (Wildman–Crippen LogP) is 2.64. The Morgan fingerprint density at radius 3 is 2.86 bits per heavy atom. The van der Waals surface area contributed by atoms with Crippen molar-refractivity contribution in [1.82, 2.24) is 9.88 Å². The first-order valence-corrected chi connectivity index (χ1v) is 8.36. The number of hydrogen-bond donors (Lipinski definition) is 0. The van der Waals surface area contributed by atoms with Gasteiger partial charge in [0.15, 0.2) is 11.6 Å². The molecule has 4 nitrogen and oxygen atoms in total. The number of piperazine rings is 1. The lowest BCUT2D eigenvalue weighted by molar-refractivity contribution is 0.140. The summed E-state index contributed by atoms with van der Waals surface area (Å²) in [5.41, 5.74) is 1.37. The molecular weight excluding hydrogens is 262 g/mol. The molecule has 0 amide bonds. The maximum Gasteiger partial charge on any atom is 0.171 e. The predicted molar refractivity (Wildman–Crippen MR) is 84.2 cm³/mol. The Morgan fingerprint density at radius 2 is 2.14 bits per heavy atom. The Kier molecular flexibility index (Phi) is 3.29. The van der Waals surface area contributed by atoms with Crippen molar-refractivity contribution in [3.8, 4) is 5.75 Å². The molecule has 1 unspecified atom stereocenters. The van der Waals surface area contributed by atoms with Gasteiger partial charge in [-0.1, -0.05) is 6.42 Å². The van der Waals surface area contributed by atoms with E-state index in [-0.39, 0.29) is 0 Å². The Labute approximate surface area is 127 Å². The van der Waals surface area contributed by atoms with E-state index < -0.39 is 0 Å². The van der Waals surface area contributed by atoms with Gasteiger partial charge in [-0.2, -0.15) is 0 Å². The highest BCUT2D eigenvalue weighted by molar-refractivity contribution is 5.57. The average Bonchev–Trinajstić information content (AvgIpc) is 2.44. The SMILES string of the molecule is CC(C)N1CCN2c3ncc(C4CCC4)cc3OCC2C1. The monoisotopic (exact) mass is 287 g/mol. The van der Waals surface area contributed by atoms with Crippen LogP contribution in [-0.4, -0.2) is 48.2 Å². The van der Waals surface area contributed by atoms with Crippen molar-refractivity contribution in [3.05, 3.63) is 17.8 Å². The van der Waals surface area contributed by atoms with Gasteiger partial charge in [0, 0.05) is 31.9 Å². The van der Waals surface area contributed by atoms with E-state index in [9.17, 15) is 0 Å². The first kappa shape index (κ1) is 13.4. The minimum Gasteiger partial charge on any atom is -0.487 e. The standard InChI is InChI=1S/C17H25N3O/c1-12(2)19-6-7-20-15(10-19)11-21-16-8-14(9-18-17(16)20)13-4-3-5-13/h8-9,12-13,15H,3-7,10-11H2,1-2H3. The summed E-state index contributed by atoms with van der Waals surface area (Å²) < 4.78 is 6.05. The first-order valence-electron chi connectivity index (χ1n) is 8.36. The number of aromatic nitrogens is 1. The molecule has 3 heterocycles. The minimum absolute atomic E-state index is 0.454. The van der Waals surface area contributed by atoms with Gasteiger partial charge in [-0.3, -0.25) is 4.90 Å². The van der Waals surface area contributed by atoms with Gasteiger partial charge < -0.3 is 9.64 Å². The number of pyridine rings is 1. The fourth-order valence-electron chi connectivity index (χ4n) is 3.70. The molecule has 0 spiro atoms. The van der Waals surface area contributed by atoms with Gasteiger partial charge in [0.2, 0.25) is 0 Å². The summed E-state index contributed by atoms with van der Waals surface area (Å²) in [6, 6.07) is 3.32. The summed E-state index contributed by atoms with van der Waals surface area (Å²) in [6.45, 7) is 8.62. The zero-order chi connectivity index (χ0) is 14.4. The molecule has 114 valence electrons. The first-order chi connectivity index (χ1) is 10.2. The van der Waals surface area contributed by atoms with Crippen LogP contribution in [-0.2, 0) is 0 Å². The van der Waals surface area contributed by atoms with Crippen LogP contribution in [0.25, 0.3) is 0 Å². The third-order valence-electron chi connectivity index (χ3n) is 5.38. The molecule has 1 aromatic heterocycles. The van der Waals surface area contributed by atoms with Gasteiger partial charge in [0.1, 0.15) is 6.61 Å². The van der Waals surface area contributed by atoms with Gasteiger partial charge in [-0.15, -0.1) is 0 Å². The fourth-order valence-corrected chi connectivity index (χ4v) is 3.70. The molecule has 1 aliphatic carbocycles. The van der Waals surface area contributed by atoms with E-state index in [4.69, 9.17) is 9.72 Å². The molecule has 3 aliphatic rings. The van der Waals surface area contributed by atoms with Crippen molar-refractivity contribution in [1.29, 1.82) is 0 Å². The summed E-state index contributed by atoms with van der Waals surface area (Å²) in [5, 5.41) is 0. The van der Waals surface area contributed by atoms with Crippen molar-refractivity contribution in [2.75, 3.05) is 31.1 Å². The van der Waals surface area contributed by atoms with Crippen molar-refractivity contribution in [3.63, 3.8) is 0 Å². The maximum absolute atomic E-state index is 6.05. The minimum atomic E-state index is 0.454. The number of anilines is 1. The zero-order valence-electron chi connectivity index (χ0n) is 13.1. The van der Waals surface area contributed by atoms with Crippen LogP contribution in [0.15, 0.2) is 12.3 Å². The van der Waals surface area contributed by atoms with Crippen molar-refractivity contribution in [2.45, 2.75) is 51.1 Å². The van der Waals surface area contributed by atoms with Crippen LogP contribution >= 0.6 is 0 Å². The third kappa shape index (κ3) is 2.30. The van der Waals surface area contributed by atoms with Crippen molar-refractivity contribution >= 4 is 5.82 Å². The zero-order valence-corrected chi connectivity index (χ0v) is 13.1. The molecule has 1 saturated carbocycles. The molecule has 1 atom stereocenters. The molecule has 0 aromatic carbocycles. The van der Waals surface area contributed by atoms with Crippen LogP contribution in [0.1, 0.15) is 44.6 Å². The van der Waals surface area contributed by atoms with Gasteiger partial charge in [-0.25, -0.2) is 4.98 Å². The highest BCUT2D eigenvalue weighted by Crippen LogP contribution is 2.40. The quantitative estimate of drug-likeness (QED) is 0.836. The van der Waals surface area contributed by atoms with E-state index >= 15 is 0 Å². The van der Waals surface area contributed by atoms with Crippen molar-refractivity contribution < 1.29 is 4.74 Å². The number of fused-ring (bicyclic) bond motifs is 3. The second-order valence-electron chi connectivity index (χ2n) is 6.97. The van der Waals surface area contributed by atoms with Gasteiger partial charge in [0.05, 0.1) is 6.04 Å². The molecule has 21 heavy (non-hydrogen) atoms. The van der Waals surface area contributed by atoms with E-state index in [2.05, 4.69) is 35.9 Å². The molecule has 4 rings (SSSR count). The normalized spacial score (nSPS) is 26.0. The van der Waals surface area contributed by atoms with E-state index in [1.54, 1.807) is 0 Å². The van der Waals surface area contributed by atoms with Crippen LogP contribution in [0, 0.1) is 0 Å². The molecule has 0 radical (unpaired) electrons.